The van der Waals surface area contributed by atoms with Crippen molar-refractivity contribution in [3.63, 3.8) is 0 Å². The Hall–Kier alpha value is -0.710. The molecule has 4 rings (SSSR count). The lowest BCUT2D eigenvalue weighted by atomic mass is 9.87. The Morgan fingerprint density at radius 1 is 0.909 bits per heavy atom. The molecule has 2 aliphatic carbocycles. The van der Waals surface area contributed by atoms with E-state index >= 15 is 0 Å². The van der Waals surface area contributed by atoms with Gasteiger partial charge in [-0.2, -0.15) is 11.8 Å². The highest BCUT2D eigenvalue weighted by Gasteiger charge is 2.47. The summed E-state index contributed by atoms with van der Waals surface area (Å²) in [4.78, 5) is 29.7. The first-order valence-corrected chi connectivity index (χ1v) is 10.1. The normalized spacial score (nSPS) is 37.8. The number of hydrogen-bond donors (Lipinski definition) is 0. The minimum atomic E-state index is -0.158. The highest BCUT2D eigenvalue weighted by Crippen LogP contribution is 2.49. The third-order valence-corrected chi connectivity index (χ3v) is 7.14. The lowest BCUT2D eigenvalue weighted by molar-refractivity contribution is -0.146. The van der Waals surface area contributed by atoms with Crippen molar-refractivity contribution < 1.29 is 9.59 Å². The summed E-state index contributed by atoms with van der Waals surface area (Å²) in [5.41, 5.74) is 0. The Labute approximate surface area is 137 Å². The molecule has 4 nitrogen and oxygen atoms in total. The number of thioether (sulfide) groups is 1. The predicted molar refractivity (Wildman–Crippen MR) is 87.6 cm³/mol. The summed E-state index contributed by atoms with van der Waals surface area (Å²) < 4.78 is 0. The van der Waals surface area contributed by atoms with Crippen LogP contribution in [0, 0.1) is 17.8 Å². The maximum atomic E-state index is 13.0. The molecule has 0 radical (unpaired) electrons. The van der Waals surface area contributed by atoms with E-state index in [0.717, 1.165) is 56.3 Å². The molecule has 2 amide bonds. The molecule has 22 heavy (non-hydrogen) atoms. The van der Waals surface area contributed by atoms with Gasteiger partial charge < -0.3 is 9.80 Å². The zero-order valence-corrected chi connectivity index (χ0v) is 14.0. The first-order chi connectivity index (χ1) is 10.7. The van der Waals surface area contributed by atoms with E-state index in [4.69, 9.17) is 0 Å². The van der Waals surface area contributed by atoms with E-state index in [9.17, 15) is 9.59 Å². The Kier molecular flexibility index (Phi) is 4.09. The van der Waals surface area contributed by atoms with Gasteiger partial charge in [0.1, 0.15) is 6.04 Å². The summed E-state index contributed by atoms with van der Waals surface area (Å²) in [6, 6.07) is -0.158. The van der Waals surface area contributed by atoms with Crippen LogP contribution >= 0.6 is 11.8 Å². The van der Waals surface area contributed by atoms with Crippen LogP contribution in [0.3, 0.4) is 0 Å². The summed E-state index contributed by atoms with van der Waals surface area (Å²) >= 11 is 1.92. The van der Waals surface area contributed by atoms with Crippen molar-refractivity contribution in [2.45, 2.75) is 44.6 Å². The van der Waals surface area contributed by atoms with Crippen molar-refractivity contribution in [2.24, 2.45) is 17.8 Å². The molecule has 0 aromatic carbocycles. The highest BCUT2D eigenvalue weighted by atomic mass is 32.2. The second-order valence-corrected chi connectivity index (χ2v) is 8.63. The molecule has 0 aromatic heterocycles. The Balaban J connectivity index is 1.44. The van der Waals surface area contributed by atoms with Crippen LogP contribution in [0.2, 0.25) is 0 Å². The molecule has 122 valence electrons. The van der Waals surface area contributed by atoms with Crippen LogP contribution in [0.1, 0.15) is 38.5 Å². The van der Waals surface area contributed by atoms with Gasteiger partial charge in [-0.25, -0.2) is 0 Å². The zero-order valence-electron chi connectivity index (χ0n) is 13.2. The summed E-state index contributed by atoms with van der Waals surface area (Å²) in [6.45, 7) is 2.51. The molecule has 4 atom stereocenters. The molecule has 2 aliphatic heterocycles. The van der Waals surface area contributed by atoms with Crippen LogP contribution in [0.25, 0.3) is 0 Å². The molecular formula is C17H26N2O2S. The summed E-state index contributed by atoms with van der Waals surface area (Å²) in [6.07, 6.45) is 6.76. The number of fused-ring (bicyclic) bond motifs is 2. The minimum Gasteiger partial charge on any atom is -0.339 e. The van der Waals surface area contributed by atoms with E-state index in [1.807, 2.05) is 21.6 Å². The molecule has 2 heterocycles. The van der Waals surface area contributed by atoms with Crippen LogP contribution in [-0.2, 0) is 9.59 Å². The number of hydrogen-bond acceptors (Lipinski definition) is 3. The number of amides is 2. The number of carbonyl (C=O) groups excluding carboxylic acids is 2. The standard InChI is InChI=1S/C17H26N2O2S/c20-16(14-11-12-3-4-13(14)10-12)19-5-1-2-15(19)17(21)18-6-8-22-9-7-18/h12-15H,1-11H2/t12-,13-,14+,15-/m0/s1. The maximum absolute atomic E-state index is 13.0. The summed E-state index contributed by atoms with van der Waals surface area (Å²) in [5, 5.41) is 0. The van der Waals surface area contributed by atoms with Crippen LogP contribution in [0.4, 0.5) is 0 Å². The minimum absolute atomic E-state index is 0.158. The number of rotatable bonds is 2. The first-order valence-electron chi connectivity index (χ1n) is 8.91. The van der Waals surface area contributed by atoms with Gasteiger partial charge in [-0.1, -0.05) is 6.42 Å². The SMILES string of the molecule is O=C([C@@H]1CCCN1C(=O)[C@@H]1C[C@H]2CC[C@H]1C2)N1CCSCC1. The summed E-state index contributed by atoms with van der Waals surface area (Å²) in [7, 11) is 0. The zero-order chi connectivity index (χ0) is 15.1. The van der Waals surface area contributed by atoms with Gasteiger partial charge in [-0.3, -0.25) is 9.59 Å². The Morgan fingerprint density at radius 2 is 1.73 bits per heavy atom. The first kappa shape index (κ1) is 14.9. The van der Waals surface area contributed by atoms with Crippen molar-refractivity contribution >= 4 is 23.6 Å². The lowest BCUT2D eigenvalue weighted by Gasteiger charge is -2.34. The highest BCUT2D eigenvalue weighted by molar-refractivity contribution is 7.99. The smallest absolute Gasteiger partial charge is 0.245 e. The topological polar surface area (TPSA) is 40.6 Å². The number of nitrogens with zero attached hydrogens (tertiary/aromatic N) is 2. The Bertz CT molecular complexity index is 464. The van der Waals surface area contributed by atoms with E-state index in [1.165, 1.54) is 19.3 Å². The van der Waals surface area contributed by atoms with E-state index in [-0.39, 0.29) is 17.9 Å². The van der Waals surface area contributed by atoms with Gasteiger partial charge in [0, 0.05) is 37.1 Å². The van der Waals surface area contributed by atoms with Crippen LogP contribution in [-0.4, -0.2) is 58.8 Å². The molecule has 0 unspecified atom stereocenters. The van der Waals surface area contributed by atoms with Gasteiger partial charge >= 0.3 is 0 Å². The number of likely N-dealkylation sites (tertiary alicyclic amines) is 1. The van der Waals surface area contributed by atoms with Crippen molar-refractivity contribution in [1.29, 1.82) is 0 Å². The fourth-order valence-corrected chi connectivity index (χ4v) is 5.94. The van der Waals surface area contributed by atoms with Gasteiger partial charge in [-0.15, -0.1) is 0 Å². The Morgan fingerprint density at radius 3 is 2.41 bits per heavy atom. The fourth-order valence-electron chi connectivity index (χ4n) is 5.04. The second-order valence-electron chi connectivity index (χ2n) is 7.41. The van der Waals surface area contributed by atoms with E-state index in [1.54, 1.807) is 0 Å². The van der Waals surface area contributed by atoms with Gasteiger partial charge in [0.05, 0.1) is 0 Å². The van der Waals surface area contributed by atoms with Crippen molar-refractivity contribution in [3.05, 3.63) is 0 Å². The molecule has 5 heteroatoms. The second kappa shape index (κ2) is 6.06. The van der Waals surface area contributed by atoms with Gasteiger partial charge in [0.2, 0.25) is 11.8 Å². The van der Waals surface area contributed by atoms with Crippen molar-refractivity contribution in [1.82, 2.24) is 9.80 Å². The van der Waals surface area contributed by atoms with E-state index in [0.29, 0.717) is 11.8 Å². The average molecular weight is 322 g/mol. The monoisotopic (exact) mass is 322 g/mol. The molecule has 0 spiro atoms. The average Bonchev–Trinajstić information content (AvgIpc) is 3.30. The summed E-state index contributed by atoms with van der Waals surface area (Å²) in [5.74, 6) is 4.22. The van der Waals surface area contributed by atoms with Gasteiger partial charge in [0.25, 0.3) is 0 Å². The molecule has 4 fully saturated rings. The van der Waals surface area contributed by atoms with Crippen LogP contribution in [0.5, 0.6) is 0 Å². The largest absolute Gasteiger partial charge is 0.339 e. The van der Waals surface area contributed by atoms with Crippen molar-refractivity contribution in [2.75, 3.05) is 31.1 Å². The van der Waals surface area contributed by atoms with E-state index < -0.39 is 0 Å². The molecule has 2 saturated carbocycles. The van der Waals surface area contributed by atoms with Crippen LogP contribution < -0.4 is 0 Å². The quantitative estimate of drug-likeness (QED) is 0.781. The van der Waals surface area contributed by atoms with Crippen molar-refractivity contribution in [3.8, 4) is 0 Å². The third-order valence-electron chi connectivity index (χ3n) is 6.20. The van der Waals surface area contributed by atoms with E-state index in [2.05, 4.69) is 0 Å². The molecular weight excluding hydrogens is 296 g/mol. The molecule has 0 N–H and O–H groups in total. The molecule has 0 aromatic rings. The molecule has 2 saturated heterocycles. The maximum Gasteiger partial charge on any atom is 0.245 e. The third kappa shape index (κ3) is 2.55. The predicted octanol–water partition coefficient (Wildman–Crippen LogP) is 1.99. The van der Waals surface area contributed by atoms with Gasteiger partial charge in [0.15, 0.2) is 0 Å². The lowest BCUT2D eigenvalue weighted by Crippen LogP contribution is -2.51. The van der Waals surface area contributed by atoms with Gasteiger partial charge in [-0.05, 0) is 43.9 Å². The molecule has 2 bridgehead atoms. The van der Waals surface area contributed by atoms with Crippen LogP contribution in [0.15, 0.2) is 0 Å². The number of carbonyl (C=O) groups is 2. The fraction of sp³-hybridized carbons (Fsp3) is 0.882. The molecule has 4 aliphatic rings.